The number of benzene rings is 1. The molecule has 18 heavy (non-hydrogen) atoms. The van der Waals surface area contributed by atoms with Crippen LogP contribution < -0.4 is 4.90 Å². The number of anilines is 1. The zero-order valence-corrected chi connectivity index (χ0v) is 10.3. The van der Waals surface area contributed by atoms with E-state index >= 15 is 0 Å². The summed E-state index contributed by atoms with van der Waals surface area (Å²) in [5.74, 6) is -0.208. The van der Waals surface area contributed by atoms with E-state index in [0.717, 1.165) is 29.7 Å². The molecule has 0 unspecified atom stereocenters. The number of aromatic nitrogens is 1. The summed E-state index contributed by atoms with van der Waals surface area (Å²) < 4.78 is 13.4. The number of hydrogen-bond acceptors (Lipinski definition) is 2. The van der Waals surface area contributed by atoms with E-state index < -0.39 is 0 Å². The van der Waals surface area contributed by atoms with E-state index in [1.165, 1.54) is 31.7 Å². The molecule has 3 rings (SSSR count). The molecule has 1 saturated heterocycles. The van der Waals surface area contributed by atoms with Gasteiger partial charge in [0.05, 0.1) is 11.2 Å². The van der Waals surface area contributed by atoms with Crippen molar-refractivity contribution in [1.29, 1.82) is 0 Å². The summed E-state index contributed by atoms with van der Waals surface area (Å²) in [7, 11) is 0. The predicted molar refractivity (Wildman–Crippen MR) is 71.2 cm³/mol. The number of rotatable bonds is 1. The largest absolute Gasteiger partial charge is 0.370 e. The Morgan fingerprint density at radius 3 is 2.67 bits per heavy atom. The highest BCUT2D eigenvalue weighted by atomic mass is 19.1. The maximum atomic E-state index is 13.4. The molecule has 2 nitrogen and oxygen atoms in total. The van der Waals surface area contributed by atoms with Gasteiger partial charge in [-0.25, -0.2) is 4.39 Å². The molecular formula is C15H16FN2. The summed E-state index contributed by atoms with van der Waals surface area (Å²) in [6.07, 6.45) is 6.67. The van der Waals surface area contributed by atoms with Crippen LogP contribution in [-0.2, 0) is 0 Å². The molecule has 0 amide bonds. The molecule has 0 spiro atoms. The van der Waals surface area contributed by atoms with E-state index in [1.54, 1.807) is 18.3 Å². The van der Waals surface area contributed by atoms with E-state index in [9.17, 15) is 4.39 Å². The average molecular weight is 243 g/mol. The summed E-state index contributed by atoms with van der Waals surface area (Å²) >= 11 is 0. The molecule has 2 heterocycles. The standard InChI is InChI=1S/C15H16FN2/c16-12-5-6-14-13(11-12)15(7-8-17-14)18-9-3-1-2-4-10-18/h5-6,8,11H,1-4,9-10H2. The Morgan fingerprint density at radius 2 is 1.89 bits per heavy atom. The molecular weight excluding hydrogens is 227 g/mol. The van der Waals surface area contributed by atoms with Gasteiger partial charge in [0.15, 0.2) is 0 Å². The highest BCUT2D eigenvalue weighted by molar-refractivity contribution is 5.91. The zero-order valence-electron chi connectivity index (χ0n) is 10.3. The lowest BCUT2D eigenvalue weighted by molar-refractivity contribution is 0.629. The number of fused-ring (bicyclic) bond motifs is 1. The fourth-order valence-electron chi connectivity index (χ4n) is 2.61. The van der Waals surface area contributed by atoms with Crippen molar-refractivity contribution in [3.8, 4) is 0 Å². The number of halogens is 1. The van der Waals surface area contributed by atoms with Gasteiger partial charge >= 0.3 is 0 Å². The van der Waals surface area contributed by atoms with E-state index in [4.69, 9.17) is 0 Å². The first-order valence-corrected chi connectivity index (χ1v) is 6.55. The Hall–Kier alpha value is -1.64. The molecule has 0 atom stereocenters. The normalized spacial score (nSPS) is 16.8. The third kappa shape index (κ3) is 2.17. The maximum absolute atomic E-state index is 13.4. The molecule has 3 heteroatoms. The van der Waals surface area contributed by atoms with E-state index in [0.29, 0.717) is 0 Å². The quantitative estimate of drug-likeness (QED) is 0.761. The minimum absolute atomic E-state index is 0.208. The molecule has 1 aromatic carbocycles. The van der Waals surface area contributed by atoms with Crippen molar-refractivity contribution < 1.29 is 4.39 Å². The van der Waals surface area contributed by atoms with Crippen LogP contribution in [0.3, 0.4) is 0 Å². The van der Waals surface area contributed by atoms with Gasteiger partial charge in [0.2, 0.25) is 0 Å². The van der Waals surface area contributed by atoms with Crippen molar-refractivity contribution in [2.45, 2.75) is 25.7 Å². The maximum Gasteiger partial charge on any atom is 0.124 e. The first kappa shape index (κ1) is 11.5. The molecule has 2 aromatic rings. The zero-order chi connectivity index (χ0) is 12.4. The summed E-state index contributed by atoms with van der Waals surface area (Å²) in [4.78, 5) is 6.57. The summed E-state index contributed by atoms with van der Waals surface area (Å²) in [6, 6.07) is 7.95. The van der Waals surface area contributed by atoms with Gasteiger partial charge in [0.1, 0.15) is 5.82 Å². The lowest BCUT2D eigenvalue weighted by Gasteiger charge is -2.23. The highest BCUT2D eigenvalue weighted by Crippen LogP contribution is 2.27. The molecule has 1 aliphatic rings. The van der Waals surface area contributed by atoms with Gasteiger partial charge in [-0.2, -0.15) is 0 Å². The van der Waals surface area contributed by atoms with Crippen LogP contribution in [0.15, 0.2) is 24.4 Å². The molecule has 1 radical (unpaired) electrons. The first-order chi connectivity index (χ1) is 8.84. The molecule has 1 aromatic heterocycles. The molecule has 1 aliphatic heterocycles. The lowest BCUT2D eigenvalue weighted by atomic mass is 10.1. The fourth-order valence-corrected chi connectivity index (χ4v) is 2.61. The second-order valence-corrected chi connectivity index (χ2v) is 4.81. The summed E-state index contributed by atoms with van der Waals surface area (Å²) in [5.41, 5.74) is 1.84. The van der Waals surface area contributed by atoms with Gasteiger partial charge < -0.3 is 4.90 Å². The minimum Gasteiger partial charge on any atom is -0.370 e. The van der Waals surface area contributed by atoms with E-state index in [2.05, 4.69) is 16.0 Å². The molecule has 93 valence electrons. The molecule has 0 bridgehead atoms. The lowest BCUT2D eigenvalue weighted by Crippen LogP contribution is -2.24. The van der Waals surface area contributed by atoms with E-state index in [1.807, 2.05) is 0 Å². The minimum atomic E-state index is -0.208. The average Bonchev–Trinajstić information content (AvgIpc) is 2.67. The van der Waals surface area contributed by atoms with Crippen LogP contribution >= 0.6 is 0 Å². The smallest absolute Gasteiger partial charge is 0.124 e. The predicted octanol–water partition coefficient (Wildman–Crippen LogP) is 3.55. The Kier molecular flexibility index (Phi) is 3.13. The van der Waals surface area contributed by atoms with Crippen LogP contribution in [0.2, 0.25) is 0 Å². The number of pyridine rings is 1. The Morgan fingerprint density at radius 1 is 1.11 bits per heavy atom. The van der Waals surface area contributed by atoms with Crippen molar-refractivity contribution in [3.63, 3.8) is 0 Å². The Labute approximate surface area is 106 Å². The fraction of sp³-hybridized carbons (Fsp3) is 0.400. The van der Waals surface area contributed by atoms with Gasteiger partial charge in [0, 0.05) is 30.7 Å². The molecule has 0 N–H and O–H groups in total. The van der Waals surface area contributed by atoms with Crippen LogP contribution in [-0.4, -0.2) is 18.1 Å². The Bertz CT molecular complexity index is 545. The van der Waals surface area contributed by atoms with Gasteiger partial charge in [-0.05, 0) is 31.0 Å². The molecule has 1 fully saturated rings. The van der Waals surface area contributed by atoms with Gasteiger partial charge in [-0.3, -0.25) is 4.98 Å². The van der Waals surface area contributed by atoms with Crippen LogP contribution in [0.25, 0.3) is 10.9 Å². The van der Waals surface area contributed by atoms with Gasteiger partial charge in [0.25, 0.3) is 0 Å². The van der Waals surface area contributed by atoms with Crippen LogP contribution in [0, 0.1) is 11.9 Å². The SMILES string of the molecule is Fc1ccc2nc[c]c(N3CCCCCC3)c2c1. The Balaban J connectivity index is 2.06. The first-order valence-electron chi connectivity index (χ1n) is 6.55. The van der Waals surface area contributed by atoms with Crippen LogP contribution in [0.1, 0.15) is 25.7 Å². The third-order valence-electron chi connectivity index (χ3n) is 3.54. The molecule has 0 aliphatic carbocycles. The van der Waals surface area contributed by atoms with Crippen molar-refractivity contribution in [2.75, 3.05) is 18.0 Å². The third-order valence-corrected chi connectivity index (χ3v) is 3.54. The van der Waals surface area contributed by atoms with Crippen molar-refractivity contribution in [2.24, 2.45) is 0 Å². The topological polar surface area (TPSA) is 16.1 Å². The van der Waals surface area contributed by atoms with Gasteiger partial charge in [-0.1, -0.05) is 12.8 Å². The monoisotopic (exact) mass is 243 g/mol. The second kappa shape index (κ2) is 4.92. The van der Waals surface area contributed by atoms with Crippen LogP contribution in [0.5, 0.6) is 0 Å². The van der Waals surface area contributed by atoms with Gasteiger partial charge in [-0.15, -0.1) is 0 Å². The number of nitrogens with zero attached hydrogens (tertiary/aromatic N) is 2. The summed E-state index contributed by atoms with van der Waals surface area (Å²) in [6.45, 7) is 2.07. The highest BCUT2D eigenvalue weighted by Gasteiger charge is 2.13. The van der Waals surface area contributed by atoms with E-state index in [-0.39, 0.29) is 5.82 Å². The second-order valence-electron chi connectivity index (χ2n) is 4.81. The molecule has 0 saturated carbocycles. The van der Waals surface area contributed by atoms with Crippen molar-refractivity contribution in [1.82, 2.24) is 4.98 Å². The van der Waals surface area contributed by atoms with Crippen LogP contribution in [0.4, 0.5) is 10.1 Å². The summed E-state index contributed by atoms with van der Waals surface area (Å²) in [5, 5.41) is 0.874. The van der Waals surface area contributed by atoms with Crippen molar-refractivity contribution >= 4 is 16.6 Å². The van der Waals surface area contributed by atoms with Crippen molar-refractivity contribution in [3.05, 3.63) is 36.3 Å². The number of hydrogen-bond donors (Lipinski definition) is 0.